The average molecular weight is 303 g/mol. The van der Waals surface area contributed by atoms with Gasteiger partial charge in [0.2, 0.25) is 0 Å². The van der Waals surface area contributed by atoms with Crippen molar-refractivity contribution in [3.8, 4) is 17.0 Å². The van der Waals surface area contributed by atoms with E-state index in [1.165, 1.54) is 35.6 Å². The topological polar surface area (TPSA) is 59.4 Å². The van der Waals surface area contributed by atoms with E-state index < -0.39 is 12.3 Å². The molecule has 1 aromatic carbocycles. The molecule has 0 fully saturated rings. The third-order valence-corrected chi connectivity index (χ3v) is 3.09. The zero-order chi connectivity index (χ0) is 14.8. The molecule has 1 aromatic heterocycles. The highest BCUT2D eigenvalue weighted by atomic mass is 32.1. The molecule has 2 rings (SSSR count). The van der Waals surface area contributed by atoms with Crippen LogP contribution < -0.4 is 4.74 Å². The number of aromatic nitrogens is 1. The van der Waals surface area contributed by atoms with Gasteiger partial charge < -0.3 is 9.84 Å². The van der Waals surface area contributed by atoms with E-state index in [1.54, 1.807) is 5.38 Å². The number of hydrogen-bond acceptors (Lipinski definition) is 4. The van der Waals surface area contributed by atoms with Crippen LogP contribution in [0.5, 0.6) is 5.75 Å². The second-order valence-electron chi connectivity index (χ2n) is 3.77. The van der Waals surface area contributed by atoms with Crippen LogP contribution in [-0.4, -0.2) is 22.4 Å². The van der Waals surface area contributed by atoms with Gasteiger partial charge in [-0.15, -0.1) is 24.5 Å². The van der Waals surface area contributed by atoms with Crippen molar-refractivity contribution in [3.05, 3.63) is 34.7 Å². The van der Waals surface area contributed by atoms with Crippen molar-refractivity contribution in [2.24, 2.45) is 0 Å². The summed E-state index contributed by atoms with van der Waals surface area (Å²) in [5.41, 5.74) is 1.11. The van der Waals surface area contributed by atoms with Crippen molar-refractivity contribution in [3.63, 3.8) is 0 Å². The summed E-state index contributed by atoms with van der Waals surface area (Å²) in [6.45, 7) is 0. The molecule has 20 heavy (non-hydrogen) atoms. The molecule has 0 aliphatic heterocycles. The van der Waals surface area contributed by atoms with Gasteiger partial charge in [0.1, 0.15) is 10.8 Å². The maximum Gasteiger partial charge on any atom is 0.573 e. The molecule has 0 aliphatic rings. The van der Waals surface area contributed by atoms with E-state index in [0.717, 1.165) is 0 Å². The number of benzene rings is 1. The Morgan fingerprint density at radius 3 is 2.50 bits per heavy atom. The molecule has 8 heteroatoms. The van der Waals surface area contributed by atoms with E-state index in [4.69, 9.17) is 5.11 Å². The van der Waals surface area contributed by atoms with Gasteiger partial charge in [-0.3, -0.25) is 4.79 Å². The van der Waals surface area contributed by atoms with Crippen molar-refractivity contribution in [1.29, 1.82) is 0 Å². The molecule has 106 valence electrons. The number of nitrogens with zero attached hydrogens (tertiary/aromatic N) is 1. The van der Waals surface area contributed by atoms with Crippen LogP contribution in [0.3, 0.4) is 0 Å². The average Bonchev–Trinajstić information content (AvgIpc) is 2.75. The lowest BCUT2D eigenvalue weighted by Gasteiger charge is -2.08. The first-order valence-corrected chi connectivity index (χ1v) is 6.24. The third kappa shape index (κ3) is 3.95. The van der Waals surface area contributed by atoms with Gasteiger partial charge in [0, 0.05) is 10.9 Å². The van der Waals surface area contributed by atoms with Gasteiger partial charge in [-0.2, -0.15) is 0 Å². The summed E-state index contributed by atoms with van der Waals surface area (Å²) in [6, 6.07) is 5.22. The molecule has 0 amide bonds. The van der Waals surface area contributed by atoms with Crippen LogP contribution in [0.15, 0.2) is 29.6 Å². The van der Waals surface area contributed by atoms with Crippen molar-refractivity contribution < 1.29 is 27.8 Å². The lowest BCUT2D eigenvalue weighted by Crippen LogP contribution is -2.16. The van der Waals surface area contributed by atoms with E-state index in [9.17, 15) is 18.0 Å². The first-order chi connectivity index (χ1) is 9.33. The Balaban J connectivity index is 2.13. The van der Waals surface area contributed by atoms with Crippen molar-refractivity contribution in [2.45, 2.75) is 12.8 Å². The van der Waals surface area contributed by atoms with Gasteiger partial charge in [0.05, 0.1) is 12.1 Å². The first kappa shape index (κ1) is 14.3. The molecule has 2 aromatic rings. The van der Waals surface area contributed by atoms with E-state index in [-0.39, 0.29) is 12.2 Å². The van der Waals surface area contributed by atoms with Crippen LogP contribution >= 0.6 is 11.3 Å². The largest absolute Gasteiger partial charge is 0.573 e. The van der Waals surface area contributed by atoms with Gasteiger partial charge in [-0.1, -0.05) is 0 Å². The number of thiazole rings is 1. The maximum atomic E-state index is 12.0. The highest BCUT2D eigenvalue weighted by Crippen LogP contribution is 2.27. The highest BCUT2D eigenvalue weighted by Gasteiger charge is 2.30. The molecule has 0 radical (unpaired) electrons. The molecule has 0 unspecified atom stereocenters. The molecule has 0 saturated carbocycles. The Kier molecular flexibility index (Phi) is 3.93. The zero-order valence-corrected chi connectivity index (χ0v) is 10.7. The van der Waals surface area contributed by atoms with Crippen LogP contribution in [-0.2, 0) is 11.2 Å². The summed E-state index contributed by atoms with van der Waals surface area (Å²) >= 11 is 1.18. The lowest BCUT2D eigenvalue weighted by molar-refractivity contribution is -0.274. The van der Waals surface area contributed by atoms with Crippen LogP contribution in [0.4, 0.5) is 13.2 Å². The zero-order valence-electron chi connectivity index (χ0n) is 9.85. The molecule has 1 heterocycles. The van der Waals surface area contributed by atoms with E-state index in [2.05, 4.69) is 9.72 Å². The molecule has 0 saturated heterocycles. The van der Waals surface area contributed by atoms with Crippen molar-refractivity contribution in [1.82, 2.24) is 4.98 Å². The Hall–Kier alpha value is -2.09. The molecule has 0 atom stereocenters. The van der Waals surface area contributed by atoms with Gasteiger partial charge in [-0.05, 0) is 24.3 Å². The van der Waals surface area contributed by atoms with Gasteiger partial charge in [0.25, 0.3) is 0 Å². The van der Waals surface area contributed by atoms with Crippen LogP contribution in [0, 0.1) is 0 Å². The van der Waals surface area contributed by atoms with Crippen molar-refractivity contribution in [2.75, 3.05) is 0 Å². The number of carboxylic acid groups (broad SMARTS) is 1. The van der Waals surface area contributed by atoms with Crippen molar-refractivity contribution >= 4 is 17.3 Å². The van der Waals surface area contributed by atoms with Gasteiger partial charge >= 0.3 is 12.3 Å². The molecular weight excluding hydrogens is 295 g/mol. The van der Waals surface area contributed by atoms with E-state index in [1.807, 2.05) is 0 Å². The number of halogens is 3. The fourth-order valence-electron chi connectivity index (χ4n) is 1.48. The molecule has 0 bridgehead atoms. The molecular formula is C12H8F3NO3S. The standard InChI is InChI=1S/C12H8F3NO3S/c13-12(14,15)19-8-3-1-7(2-4-8)9-6-20-10(16-9)5-11(17)18/h1-4,6H,5H2,(H,17,18). The summed E-state index contributed by atoms with van der Waals surface area (Å²) in [5.74, 6) is -1.30. The second-order valence-corrected chi connectivity index (χ2v) is 4.71. The number of carboxylic acids is 1. The monoisotopic (exact) mass is 303 g/mol. The highest BCUT2D eigenvalue weighted by molar-refractivity contribution is 7.10. The third-order valence-electron chi connectivity index (χ3n) is 2.24. The number of alkyl halides is 3. The summed E-state index contributed by atoms with van der Waals surface area (Å²) in [7, 11) is 0. The second kappa shape index (κ2) is 5.49. The summed E-state index contributed by atoms with van der Waals surface area (Å²) in [6.07, 6.45) is -4.91. The quantitative estimate of drug-likeness (QED) is 0.941. The Bertz CT molecular complexity index is 607. The SMILES string of the molecule is O=C(O)Cc1nc(-c2ccc(OC(F)(F)F)cc2)cs1. The fraction of sp³-hybridized carbons (Fsp3) is 0.167. The predicted molar refractivity (Wildman–Crippen MR) is 65.6 cm³/mol. The summed E-state index contributed by atoms with van der Waals surface area (Å²) in [5, 5.41) is 10.7. The fourth-order valence-corrected chi connectivity index (χ4v) is 2.28. The number of ether oxygens (including phenoxy) is 1. The lowest BCUT2D eigenvalue weighted by atomic mass is 10.2. The number of rotatable bonds is 4. The first-order valence-electron chi connectivity index (χ1n) is 5.36. The number of carbonyl (C=O) groups is 1. The predicted octanol–water partition coefficient (Wildman–Crippen LogP) is 3.34. The van der Waals surface area contributed by atoms with Crippen LogP contribution in [0.25, 0.3) is 11.3 Å². The smallest absolute Gasteiger partial charge is 0.481 e. The molecule has 0 spiro atoms. The van der Waals surface area contributed by atoms with Gasteiger partial charge in [-0.25, -0.2) is 4.98 Å². The van der Waals surface area contributed by atoms with Crippen LogP contribution in [0.1, 0.15) is 5.01 Å². The molecule has 4 nitrogen and oxygen atoms in total. The Labute approximate surface area is 115 Å². The number of aliphatic carboxylic acids is 1. The minimum absolute atomic E-state index is 0.181. The van der Waals surface area contributed by atoms with Gasteiger partial charge in [0.15, 0.2) is 0 Å². The summed E-state index contributed by atoms with van der Waals surface area (Å²) in [4.78, 5) is 14.6. The molecule has 1 N–H and O–H groups in total. The number of hydrogen-bond donors (Lipinski definition) is 1. The minimum Gasteiger partial charge on any atom is -0.481 e. The summed E-state index contributed by atoms with van der Waals surface area (Å²) < 4.78 is 39.8. The van der Waals surface area contributed by atoms with Crippen LogP contribution in [0.2, 0.25) is 0 Å². The minimum atomic E-state index is -4.73. The maximum absolute atomic E-state index is 12.0. The Morgan fingerprint density at radius 2 is 1.95 bits per heavy atom. The van der Waals surface area contributed by atoms with E-state index in [0.29, 0.717) is 16.3 Å². The van der Waals surface area contributed by atoms with E-state index >= 15 is 0 Å². The normalized spacial score (nSPS) is 11.3. The molecule has 0 aliphatic carbocycles. The Morgan fingerprint density at radius 1 is 1.30 bits per heavy atom.